The first kappa shape index (κ1) is 26.4. The van der Waals surface area contributed by atoms with Crippen LogP contribution in [0.5, 0.6) is 5.75 Å². The molecule has 2 aromatic carbocycles. The van der Waals surface area contributed by atoms with E-state index in [0.717, 1.165) is 43.5 Å². The highest BCUT2D eigenvalue weighted by atomic mass is 127. The molecule has 0 bridgehead atoms. The highest BCUT2D eigenvalue weighted by molar-refractivity contribution is 14.0. The molecule has 7 heteroatoms. The summed E-state index contributed by atoms with van der Waals surface area (Å²) in [4.78, 5) is 7.16. The molecule has 6 nitrogen and oxygen atoms in total. The van der Waals surface area contributed by atoms with Gasteiger partial charge >= 0.3 is 0 Å². The predicted octanol–water partition coefficient (Wildman–Crippen LogP) is 3.61. The van der Waals surface area contributed by atoms with E-state index in [1.165, 1.54) is 18.4 Å². The molecule has 0 aliphatic carbocycles. The number of ether oxygens (including phenoxy) is 1. The number of halogens is 1. The monoisotopic (exact) mass is 552 g/mol. The molecule has 3 rings (SSSR count). The van der Waals surface area contributed by atoms with Crippen molar-refractivity contribution in [2.75, 3.05) is 39.8 Å². The van der Waals surface area contributed by atoms with Crippen molar-refractivity contribution >= 4 is 29.9 Å². The maximum atomic E-state index is 10.4. The van der Waals surface area contributed by atoms with Gasteiger partial charge in [-0.1, -0.05) is 42.5 Å². The molecular weight excluding hydrogens is 515 g/mol. The highest BCUT2D eigenvalue weighted by Crippen LogP contribution is 2.27. The number of rotatable bonds is 10. The fourth-order valence-corrected chi connectivity index (χ4v) is 4.04. The number of likely N-dealkylation sites (tertiary alicyclic amines) is 1. The van der Waals surface area contributed by atoms with Gasteiger partial charge in [0.25, 0.3) is 0 Å². The number of methoxy groups -OCH3 is 1. The van der Waals surface area contributed by atoms with E-state index in [0.29, 0.717) is 13.0 Å². The van der Waals surface area contributed by atoms with Crippen LogP contribution in [0, 0.1) is 0 Å². The SMILES string of the molecule is CCNC(=NCC(O)Cc1ccccc1)NCC(c1cccc(OC)c1)N1CCCC1.I. The minimum atomic E-state index is -0.509. The molecule has 32 heavy (non-hydrogen) atoms. The quantitative estimate of drug-likeness (QED) is 0.239. The van der Waals surface area contributed by atoms with Crippen molar-refractivity contribution in [2.45, 2.75) is 38.3 Å². The zero-order chi connectivity index (χ0) is 21.9. The number of aliphatic hydroxyl groups excluding tert-OH is 1. The summed E-state index contributed by atoms with van der Waals surface area (Å²) in [5.74, 6) is 1.62. The molecule has 176 valence electrons. The Hall–Kier alpha value is -1.84. The Morgan fingerprint density at radius 1 is 1.09 bits per heavy atom. The highest BCUT2D eigenvalue weighted by Gasteiger charge is 2.24. The number of guanidine groups is 1. The van der Waals surface area contributed by atoms with E-state index in [1.807, 2.05) is 36.4 Å². The minimum absolute atomic E-state index is 0. The van der Waals surface area contributed by atoms with Gasteiger partial charge in [0.1, 0.15) is 5.75 Å². The van der Waals surface area contributed by atoms with Crippen LogP contribution in [0.4, 0.5) is 0 Å². The summed E-state index contributed by atoms with van der Waals surface area (Å²) in [6, 6.07) is 18.6. The van der Waals surface area contributed by atoms with Crippen LogP contribution in [0.3, 0.4) is 0 Å². The van der Waals surface area contributed by atoms with E-state index < -0.39 is 6.10 Å². The van der Waals surface area contributed by atoms with Gasteiger partial charge in [-0.2, -0.15) is 0 Å². The number of hydrogen-bond acceptors (Lipinski definition) is 4. The third kappa shape index (κ3) is 8.26. The second-order valence-corrected chi connectivity index (χ2v) is 7.98. The molecule has 0 aromatic heterocycles. The second kappa shape index (κ2) is 14.3. The molecule has 0 radical (unpaired) electrons. The number of nitrogens with zero attached hydrogens (tertiary/aromatic N) is 2. The summed E-state index contributed by atoms with van der Waals surface area (Å²) in [6.07, 6.45) is 2.57. The molecule has 1 saturated heterocycles. The van der Waals surface area contributed by atoms with E-state index in [4.69, 9.17) is 4.74 Å². The molecule has 3 N–H and O–H groups in total. The summed E-state index contributed by atoms with van der Waals surface area (Å²) in [7, 11) is 1.71. The van der Waals surface area contributed by atoms with Crippen LogP contribution >= 0.6 is 24.0 Å². The molecular formula is C25H37IN4O2. The topological polar surface area (TPSA) is 69.1 Å². The summed E-state index contributed by atoms with van der Waals surface area (Å²) >= 11 is 0. The van der Waals surface area contributed by atoms with Gasteiger partial charge in [0.15, 0.2) is 5.96 Å². The van der Waals surface area contributed by atoms with Gasteiger partial charge in [-0.05, 0) is 56.1 Å². The Bertz CT molecular complexity index is 813. The third-order valence-corrected chi connectivity index (χ3v) is 5.64. The number of aliphatic hydroxyl groups is 1. The molecule has 2 atom stereocenters. The van der Waals surface area contributed by atoms with E-state index in [-0.39, 0.29) is 30.0 Å². The lowest BCUT2D eigenvalue weighted by Crippen LogP contribution is -2.43. The maximum Gasteiger partial charge on any atom is 0.191 e. The molecule has 1 heterocycles. The molecule has 1 fully saturated rings. The Labute approximate surface area is 209 Å². The minimum Gasteiger partial charge on any atom is -0.497 e. The first-order chi connectivity index (χ1) is 15.2. The van der Waals surface area contributed by atoms with Crippen LogP contribution in [0.25, 0.3) is 0 Å². The molecule has 1 aliphatic heterocycles. The molecule has 0 saturated carbocycles. The summed E-state index contributed by atoms with van der Waals surface area (Å²) in [5, 5.41) is 17.2. The number of hydrogen-bond donors (Lipinski definition) is 3. The Morgan fingerprint density at radius 2 is 1.84 bits per heavy atom. The lowest BCUT2D eigenvalue weighted by molar-refractivity contribution is 0.183. The Morgan fingerprint density at radius 3 is 2.53 bits per heavy atom. The molecule has 0 spiro atoms. The normalized spacial score (nSPS) is 16.2. The summed E-state index contributed by atoms with van der Waals surface area (Å²) in [6.45, 7) is 6.14. The van der Waals surface area contributed by atoms with Gasteiger partial charge in [-0.15, -0.1) is 24.0 Å². The van der Waals surface area contributed by atoms with Crippen molar-refractivity contribution in [1.29, 1.82) is 0 Å². The van der Waals surface area contributed by atoms with Crippen LogP contribution in [-0.2, 0) is 6.42 Å². The summed E-state index contributed by atoms with van der Waals surface area (Å²) in [5.41, 5.74) is 2.36. The van der Waals surface area contributed by atoms with Gasteiger partial charge in [0.2, 0.25) is 0 Å². The van der Waals surface area contributed by atoms with Gasteiger partial charge in [-0.3, -0.25) is 9.89 Å². The van der Waals surface area contributed by atoms with Gasteiger partial charge in [0.05, 0.1) is 25.8 Å². The predicted molar refractivity (Wildman–Crippen MR) is 142 cm³/mol. The zero-order valence-corrected chi connectivity index (χ0v) is 21.5. The summed E-state index contributed by atoms with van der Waals surface area (Å²) < 4.78 is 5.44. The zero-order valence-electron chi connectivity index (χ0n) is 19.2. The third-order valence-electron chi connectivity index (χ3n) is 5.64. The maximum absolute atomic E-state index is 10.4. The van der Waals surface area contributed by atoms with Crippen molar-refractivity contribution in [2.24, 2.45) is 4.99 Å². The van der Waals surface area contributed by atoms with Crippen molar-refractivity contribution in [3.8, 4) is 5.75 Å². The molecule has 1 aliphatic rings. The first-order valence-corrected chi connectivity index (χ1v) is 11.3. The average molecular weight is 553 g/mol. The molecule has 2 unspecified atom stereocenters. The first-order valence-electron chi connectivity index (χ1n) is 11.3. The van der Waals surface area contributed by atoms with E-state index in [9.17, 15) is 5.11 Å². The van der Waals surface area contributed by atoms with E-state index >= 15 is 0 Å². The fraction of sp³-hybridized carbons (Fsp3) is 0.480. The van der Waals surface area contributed by atoms with Crippen LogP contribution in [0.15, 0.2) is 59.6 Å². The van der Waals surface area contributed by atoms with Gasteiger partial charge in [-0.25, -0.2) is 0 Å². The van der Waals surface area contributed by atoms with Crippen molar-refractivity contribution < 1.29 is 9.84 Å². The van der Waals surface area contributed by atoms with E-state index in [1.54, 1.807) is 7.11 Å². The number of nitrogens with one attached hydrogen (secondary N) is 2. The average Bonchev–Trinajstić information content (AvgIpc) is 3.33. The number of aliphatic imine (C=N–C) groups is 1. The van der Waals surface area contributed by atoms with Crippen LogP contribution in [0.1, 0.15) is 36.9 Å². The van der Waals surface area contributed by atoms with Crippen LogP contribution in [-0.4, -0.2) is 61.9 Å². The van der Waals surface area contributed by atoms with Gasteiger partial charge < -0.3 is 20.5 Å². The second-order valence-electron chi connectivity index (χ2n) is 7.98. The van der Waals surface area contributed by atoms with Crippen LogP contribution in [0.2, 0.25) is 0 Å². The molecule has 2 aromatic rings. The van der Waals surface area contributed by atoms with Crippen molar-refractivity contribution in [3.63, 3.8) is 0 Å². The number of benzene rings is 2. The molecule has 0 amide bonds. The standard InChI is InChI=1S/C25H36N4O2.HI/c1-3-26-25(27-18-22(30)16-20-10-5-4-6-11-20)28-19-24(29-14-7-8-15-29)21-12-9-13-23(17-21)31-2;/h4-6,9-13,17,22,24,30H,3,7-8,14-16,18-19H2,1-2H3,(H2,26,27,28);1H. The lowest BCUT2D eigenvalue weighted by Gasteiger charge is -2.29. The van der Waals surface area contributed by atoms with Crippen LogP contribution < -0.4 is 15.4 Å². The smallest absolute Gasteiger partial charge is 0.191 e. The van der Waals surface area contributed by atoms with E-state index in [2.05, 4.69) is 45.6 Å². The Kier molecular flexibility index (Phi) is 11.8. The van der Waals surface area contributed by atoms with Gasteiger partial charge in [0, 0.05) is 19.5 Å². The Balaban J connectivity index is 0.00000363. The lowest BCUT2D eigenvalue weighted by atomic mass is 10.1. The largest absolute Gasteiger partial charge is 0.497 e. The van der Waals surface area contributed by atoms with Crippen molar-refractivity contribution in [1.82, 2.24) is 15.5 Å². The van der Waals surface area contributed by atoms with Crippen molar-refractivity contribution in [3.05, 3.63) is 65.7 Å². The fourth-order valence-electron chi connectivity index (χ4n) is 4.04.